The molecule has 8 nitrogen and oxygen atoms in total. The number of carbonyl (C=O) groups excluding carboxylic acids is 1. The van der Waals surface area contributed by atoms with Crippen LogP contribution in [0.2, 0.25) is 0 Å². The quantitative estimate of drug-likeness (QED) is 0.680. The molecule has 2 aromatic rings. The molecule has 0 aliphatic heterocycles. The number of carboxylic acid groups (broad SMARTS) is 1. The number of ether oxygens (including phenoxy) is 1. The Hall–Kier alpha value is -2.90. The Bertz CT molecular complexity index is 755. The molecule has 2 rings (SSSR count). The third kappa shape index (κ3) is 6.40. The molecule has 1 amide bonds. The summed E-state index contributed by atoms with van der Waals surface area (Å²) in [4.78, 5) is 28.9. The normalized spacial score (nSPS) is 10.8. The lowest BCUT2D eigenvalue weighted by Gasteiger charge is -2.22. The number of hydrogen-bond acceptors (Lipinski definition) is 6. The van der Waals surface area contributed by atoms with Crippen molar-refractivity contribution in [3.63, 3.8) is 0 Å². The van der Waals surface area contributed by atoms with Gasteiger partial charge in [0.15, 0.2) is 0 Å². The van der Waals surface area contributed by atoms with Gasteiger partial charge in [-0.1, -0.05) is 19.0 Å². The zero-order valence-corrected chi connectivity index (χ0v) is 15.8. The number of carboxylic acids is 1. The minimum Gasteiger partial charge on any atom is -0.494 e. The van der Waals surface area contributed by atoms with E-state index in [4.69, 9.17) is 14.4 Å². The number of nitrogens with zero attached hydrogens (tertiary/aromatic N) is 3. The van der Waals surface area contributed by atoms with Crippen LogP contribution in [0.1, 0.15) is 33.1 Å². The molecule has 0 unspecified atom stereocenters. The second-order valence-corrected chi connectivity index (χ2v) is 6.53. The molecular weight excluding hydrogens is 350 g/mol. The van der Waals surface area contributed by atoms with Crippen LogP contribution < -0.4 is 4.74 Å². The molecule has 0 radical (unpaired) electrons. The second kappa shape index (κ2) is 9.70. The SMILES string of the molecule is CCOc1ccc(-c2noc(CCC(=O)N(CC(=O)O)CC(C)C)n2)cc1. The molecule has 8 heteroatoms. The zero-order valence-electron chi connectivity index (χ0n) is 15.8. The van der Waals surface area contributed by atoms with Gasteiger partial charge in [-0.2, -0.15) is 4.98 Å². The van der Waals surface area contributed by atoms with Gasteiger partial charge in [-0.05, 0) is 37.1 Å². The van der Waals surface area contributed by atoms with Crippen molar-refractivity contribution < 1.29 is 24.0 Å². The van der Waals surface area contributed by atoms with Crippen molar-refractivity contribution in [3.05, 3.63) is 30.2 Å². The Morgan fingerprint density at radius 3 is 2.56 bits per heavy atom. The molecule has 0 saturated heterocycles. The Balaban J connectivity index is 1.96. The summed E-state index contributed by atoms with van der Waals surface area (Å²) in [5.41, 5.74) is 0.784. The molecule has 0 aliphatic rings. The van der Waals surface area contributed by atoms with E-state index in [1.807, 2.05) is 45.0 Å². The van der Waals surface area contributed by atoms with Gasteiger partial charge in [-0.15, -0.1) is 0 Å². The summed E-state index contributed by atoms with van der Waals surface area (Å²) in [6.45, 7) is 6.46. The number of aliphatic carboxylic acids is 1. The van der Waals surface area contributed by atoms with Crippen LogP contribution >= 0.6 is 0 Å². The van der Waals surface area contributed by atoms with Crippen LogP contribution in [0.25, 0.3) is 11.4 Å². The van der Waals surface area contributed by atoms with E-state index in [9.17, 15) is 9.59 Å². The lowest BCUT2D eigenvalue weighted by atomic mass is 10.2. The predicted octanol–water partition coefficient (Wildman–Crippen LogP) is 2.64. The Labute approximate surface area is 158 Å². The van der Waals surface area contributed by atoms with Gasteiger partial charge in [0.25, 0.3) is 0 Å². The van der Waals surface area contributed by atoms with Gasteiger partial charge in [0.2, 0.25) is 17.6 Å². The monoisotopic (exact) mass is 375 g/mol. The highest BCUT2D eigenvalue weighted by molar-refractivity contribution is 5.81. The summed E-state index contributed by atoms with van der Waals surface area (Å²) < 4.78 is 10.6. The number of aryl methyl sites for hydroxylation is 1. The topological polar surface area (TPSA) is 106 Å². The Kier molecular flexibility index (Phi) is 7.34. The fourth-order valence-electron chi connectivity index (χ4n) is 2.57. The van der Waals surface area contributed by atoms with E-state index in [1.54, 1.807) is 0 Å². The maximum absolute atomic E-state index is 12.3. The first-order valence-corrected chi connectivity index (χ1v) is 8.94. The van der Waals surface area contributed by atoms with Crippen LogP contribution in [0, 0.1) is 5.92 Å². The van der Waals surface area contributed by atoms with Crippen molar-refractivity contribution in [3.8, 4) is 17.1 Å². The van der Waals surface area contributed by atoms with Crippen molar-refractivity contribution in [2.24, 2.45) is 5.92 Å². The van der Waals surface area contributed by atoms with E-state index in [-0.39, 0.29) is 31.2 Å². The van der Waals surface area contributed by atoms with Gasteiger partial charge in [-0.3, -0.25) is 9.59 Å². The first kappa shape index (κ1) is 20.4. The molecule has 0 bridgehead atoms. The van der Waals surface area contributed by atoms with E-state index in [1.165, 1.54) is 4.90 Å². The second-order valence-electron chi connectivity index (χ2n) is 6.53. The van der Waals surface area contributed by atoms with Gasteiger partial charge in [-0.25, -0.2) is 0 Å². The number of amides is 1. The largest absolute Gasteiger partial charge is 0.494 e. The lowest BCUT2D eigenvalue weighted by molar-refractivity contribution is -0.144. The zero-order chi connectivity index (χ0) is 19.8. The van der Waals surface area contributed by atoms with Crippen LogP contribution in [-0.2, 0) is 16.0 Å². The van der Waals surface area contributed by atoms with Gasteiger partial charge in [0.05, 0.1) is 6.61 Å². The number of rotatable bonds is 10. The van der Waals surface area contributed by atoms with E-state index in [0.29, 0.717) is 24.9 Å². The molecule has 1 N–H and O–H groups in total. The molecule has 0 fully saturated rings. The molecule has 27 heavy (non-hydrogen) atoms. The standard InChI is InChI=1S/C19H25N3O5/c1-4-26-15-7-5-14(6-8-15)19-20-16(27-21-19)9-10-17(23)22(11-13(2)3)12-18(24)25/h5-8,13H,4,9-12H2,1-3H3,(H,24,25). The summed E-state index contributed by atoms with van der Waals surface area (Å²) in [5, 5.41) is 12.9. The summed E-state index contributed by atoms with van der Waals surface area (Å²) >= 11 is 0. The molecule has 0 aliphatic carbocycles. The first-order valence-electron chi connectivity index (χ1n) is 8.94. The number of hydrogen-bond donors (Lipinski definition) is 1. The van der Waals surface area contributed by atoms with E-state index < -0.39 is 5.97 Å². The fraction of sp³-hybridized carbons (Fsp3) is 0.474. The highest BCUT2D eigenvalue weighted by Crippen LogP contribution is 2.20. The lowest BCUT2D eigenvalue weighted by Crippen LogP contribution is -2.38. The predicted molar refractivity (Wildman–Crippen MR) is 98.3 cm³/mol. The van der Waals surface area contributed by atoms with Gasteiger partial charge < -0.3 is 19.3 Å². The Morgan fingerprint density at radius 2 is 1.96 bits per heavy atom. The summed E-state index contributed by atoms with van der Waals surface area (Å²) in [6, 6.07) is 7.33. The van der Waals surface area contributed by atoms with E-state index in [0.717, 1.165) is 11.3 Å². The summed E-state index contributed by atoms with van der Waals surface area (Å²) in [5.74, 6) is 0.450. The highest BCUT2D eigenvalue weighted by Gasteiger charge is 2.19. The third-order valence-corrected chi connectivity index (χ3v) is 3.71. The van der Waals surface area contributed by atoms with Crippen molar-refractivity contribution in [1.29, 1.82) is 0 Å². The fourth-order valence-corrected chi connectivity index (χ4v) is 2.57. The van der Waals surface area contributed by atoms with Crippen LogP contribution in [0.4, 0.5) is 0 Å². The van der Waals surface area contributed by atoms with Crippen molar-refractivity contribution in [2.75, 3.05) is 19.7 Å². The van der Waals surface area contributed by atoms with Gasteiger partial charge in [0.1, 0.15) is 12.3 Å². The molecule has 1 aromatic carbocycles. The van der Waals surface area contributed by atoms with Crippen LogP contribution in [-0.4, -0.2) is 51.7 Å². The molecule has 0 spiro atoms. The van der Waals surface area contributed by atoms with E-state index in [2.05, 4.69) is 10.1 Å². The maximum Gasteiger partial charge on any atom is 0.323 e. The van der Waals surface area contributed by atoms with Crippen molar-refractivity contribution in [1.82, 2.24) is 15.0 Å². The van der Waals surface area contributed by atoms with Crippen LogP contribution in [0.15, 0.2) is 28.8 Å². The van der Waals surface area contributed by atoms with Gasteiger partial charge >= 0.3 is 5.97 Å². The van der Waals surface area contributed by atoms with Crippen LogP contribution in [0.5, 0.6) is 5.75 Å². The van der Waals surface area contributed by atoms with Crippen molar-refractivity contribution >= 4 is 11.9 Å². The summed E-state index contributed by atoms with van der Waals surface area (Å²) in [7, 11) is 0. The average molecular weight is 375 g/mol. The molecule has 1 aromatic heterocycles. The smallest absolute Gasteiger partial charge is 0.323 e. The van der Waals surface area contributed by atoms with Gasteiger partial charge in [0, 0.05) is 24.9 Å². The first-order chi connectivity index (χ1) is 12.9. The summed E-state index contributed by atoms with van der Waals surface area (Å²) in [6.07, 6.45) is 0.377. The number of benzene rings is 1. The maximum atomic E-state index is 12.3. The molecule has 146 valence electrons. The van der Waals surface area contributed by atoms with Crippen LogP contribution in [0.3, 0.4) is 0 Å². The highest BCUT2D eigenvalue weighted by atomic mass is 16.5. The molecule has 0 atom stereocenters. The van der Waals surface area contributed by atoms with E-state index >= 15 is 0 Å². The molecule has 1 heterocycles. The third-order valence-electron chi connectivity index (χ3n) is 3.71. The molecule has 0 saturated carbocycles. The van der Waals surface area contributed by atoms with Crippen molar-refractivity contribution in [2.45, 2.75) is 33.6 Å². The number of aromatic nitrogens is 2. The minimum atomic E-state index is -1.03. The minimum absolute atomic E-state index is 0.116. The average Bonchev–Trinajstić information content (AvgIpc) is 3.08. The Morgan fingerprint density at radius 1 is 1.26 bits per heavy atom. The number of carbonyl (C=O) groups is 2. The molecular formula is C19H25N3O5.